The van der Waals surface area contributed by atoms with Crippen LogP contribution in [0.3, 0.4) is 0 Å². The van der Waals surface area contributed by atoms with Crippen LogP contribution in [0.15, 0.2) is 12.2 Å². The molecule has 0 aromatic heterocycles. The summed E-state index contributed by atoms with van der Waals surface area (Å²) in [5.74, 6) is -0.0418. The van der Waals surface area contributed by atoms with E-state index in [1.807, 2.05) is 6.08 Å². The van der Waals surface area contributed by atoms with E-state index in [9.17, 15) is 19.8 Å². The number of nitrogens with one attached hydrogen (secondary N) is 1. The molecule has 0 heterocycles. The molecule has 0 aliphatic rings. The van der Waals surface area contributed by atoms with Crippen LogP contribution in [-0.4, -0.2) is 47.4 Å². The summed E-state index contributed by atoms with van der Waals surface area (Å²) in [5.41, 5.74) is 0. The summed E-state index contributed by atoms with van der Waals surface area (Å²) in [4.78, 5) is 24.6. The Morgan fingerprint density at radius 1 is 0.342 bits per heavy atom. The molecule has 0 radical (unpaired) electrons. The van der Waals surface area contributed by atoms with Crippen LogP contribution >= 0.6 is 0 Å². The Labute approximate surface area is 495 Å². The van der Waals surface area contributed by atoms with Gasteiger partial charge in [0.15, 0.2) is 0 Å². The Hall–Kier alpha value is -1.40. The summed E-state index contributed by atoms with van der Waals surface area (Å²) in [7, 11) is 0. The first-order chi connectivity index (χ1) is 39.0. The molecule has 2 unspecified atom stereocenters. The Balaban J connectivity index is 3.37. The number of allylic oxidation sites excluding steroid dienone is 1. The number of amides is 1. The maximum Gasteiger partial charge on any atom is 0.305 e. The van der Waals surface area contributed by atoms with Crippen molar-refractivity contribution in [3.8, 4) is 0 Å². The number of aliphatic hydroxyl groups is 2. The second kappa shape index (κ2) is 69.1. The van der Waals surface area contributed by atoms with Crippen molar-refractivity contribution in [2.45, 2.75) is 431 Å². The zero-order valence-electron chi connectivity index (χ0n) is 53.9. The molecule has 0 rings (SSSR count). The SMILES string of the molecule is CCCCCCCCCCCCCCCCCCCCC/C=C/C(O)C(CO)NC(=O)CCCCCCCCCCCCCCCCCCCCCCCCCCOC(=O)CCCCCCCCCCCCCCCCCCC. The van der Waals surface area contributed by atoms with Crippen molar-refractivity contribution in [3.63, 3.8) is 0 Å². The van der Waals surface area contributed by atoms with Gasteiger partial charge in [0.2, 0.25) is 5.91 Å². The number of unbranched alkanes of at least 4 members (excludes halogenated alkanes) is 58. The van der Waals surface area contributed by atoms with Gasteiger partial charge in [-0.25, -0.2) is 0 Å². The molecular formula is C73H143NO5. The summed E-state index contributed by atoms with van der Waals surface area (Å²) in [5, 5.41) is 23.3. The van der Waals surface area contributed by atoms with Gasteiger partial charge in [-0.1, -0.05) is 386 Å². The maximum atomic E-state index is 12.5. The third-order valence-corrected chi connectivity index (χ3v) is 17.3. The van der Waals surface area contributed by atoms with E-state index in [2.05, 4.69) is 19.2 Å². The van der Waals surface area contributed by atoms with Crippen molar-refractivity contribution in [1.29, 1.82) is 0 Å². The van der Waals surface area contributed by atoms with Crippen molar-refractivity contribution in [2.24, 2.45) is 0 Å². The third-order valence-electron chi connectivity index (χ3n) is 17.3. The van der Waals surface area contributed by atoms with Crippen LogP contribution in [0.1, 0.15) is 418 Å². The molecule has 0 spiro atoms. The molecule has 0 aromatic rings. The van der Waals surface area contributed by atoms with E-state index in [0.717, 1.165) is 38.5 Å². The average Bonchev–Trinajstić information content (AvgIpc) is 3.45. The van der Waals surface area contributed by atoms with Gasteiger partial charge in [0, 0.05) is 12.8 Å². The molecule has 1 amide bonds. The number of rotatable bonds is 69. The highest BCUT2D eigenvalue weighted by Crippen LogP contribution is 2.19. The van der Waals surface area contributed by atoms with E-state index < -0.39 is 12.1 Å². The summed E-state index contributed by atoms with van der Waals surface area (Å²) >= 11 is 0. The third kappa shape index (κ3) is 65.6. The lowest BCUT2D eigenvalue weighted by Gasteiger charge is -2.20. The molecule has 3 N–H and O–H groups in total. The fourth-order valence-electron chi connectivity index (χ4n) is 11.8. The number of carbonyl (C=O) groups is 2. The first-order valence-electron chi connectivity index (χ1n) is 36.5. The minimum atomic E-state index is -0.844. The molecule has 6 heteroatoms. The number of hydrogen-bond acceptors (Lipinski definition) is 5. The minimum Gasteiger partial charge on any atom is -0.466 e. The summed E-state index contributed by atoms with van der Waals surface area (Å²) in [6.07, 6.45) is 85.8. The summed E-state index contributed by atoms with van der Waals surface area (Å²) < 4.78 is 5.51. The number of carbonyl (C=O) groups excluding carboxylic acids is 2. The highest BCUT2D eigenvalue weighted by molar-refractivity contribution is 5.76. The first-order valence-corrected chi connectivity index (χ1v) is 36.5. The monoisotopic (exact) mass is 1110 g/mol. The lowest BCUT2D eigenvalue weighted by Crippen LogP contribution is -2.45. The molecular weight excluding hydrogens is 971 g/mol. The van der Waals surface area contributed by atoms with E-state index in [-0.39, 0.29) is 18.5 Å². The molecule has 0 aromatic carbocycles. The second-order valence-corrected chi connectivity index (χ2v) is 25.3. The Morgan fingerprint density at radius 2 is 0.582 bits per heavy atom. The molecule has 6 nitrogen and oxygen atoms in total. The molecule has 0 saturated heterocycles. The van der Waals surface area contributed by atoms with Crippen LogP contribution in [0.5, 0.6) is 0 Å². The van der Waals surface area contributed by atoms with Crippen LogP contribution in [0.25, 0.3) is 0 Å². The second-order valence-electron chi connectivity index (χ2n) is 25.3. The maximum absolute atomic E-state index is 12.5. The van der Waals surface area contributed by atoms with Crippen LogP contribution in [0.4, 0.5) is 0 Å². The van der Waals surface area contributed by atoms with Crippen molar-refractivity contribution >= 4 is 11.9 Å². The minimum absolute atomic E-state index is 0.0202. The Morgan fingerprint density at radius 3 is 0.861 bits per heavy atom. The van der Waals surface area contributed by atoms with Crippen molar-refractivity contribution in [2.75, 3.05) is 13.2 Å². The van der Waals surface area contributed by atoms with Gasteiger partial charge in [0.05, 0.1) is 25.4 Å². The van der Waals surface area contributed by atoms with Gasteiger partial charge in [0.1, 0.15) is 0 Å². The molecule has 0 aliphatic carbocycles. The van der Waals surface area contributed by atoms with E-state index in [4.69, 9.17) is 4.74 Å². The van der Waals surface area contributed by atoms with Crippen molar-refractivity contribution in [1.82, 2.24) is 5.32 Å². The quantitative estimate of drug-likeness (QED) is 0.0320. The van der Waals surface area contributed by atoms with Crippen LogP contribution in [0, 0.1) is 0 Å². The van der Waals surface area contributed by atoms with Gasteiger partial charge in [0.25, 0.3) is 0 Å². The van der Waals surface area contributed by atoms with Gasteiger partial charge in [-0.3, -0.25) is 9.59 Å². The van der Waals surface area contributed by atoms with E-state index in [1.165, 1.54) is 353 Å². The molecule has 470 valence electrons. The molecule has 0 fully saturated rings. The fourth-order valence-corrected chi connectivity index (χ4v) is 11.8. The lowest BCUT2D eigenvalue weighted by atomic mass is 10.0. The Kier molecular flexibility index (Phi) is 67.9. The highest BCUT2D eigenvalue weighted by atomic mass is 16.5. The van der Waals surface area contributed by atoms with Gasteiger partial charge in [-0.15, -0.1) is 0 Å². The topological polar surface area (TPSA) is 95.9 Å². The lowest BCUT2D eigenvalue weighted by molar-refractivity contribution is -0.143. The molecule has 0 bridgehead atoms. The number of aliphatic hydroxyl groups excluding tert-OH is 2. The largest absolute Gasteiger partial charge is 0.466 e. The highest BCUT2D eigenvalue weighted by Gasteiger charge is 2.18. The van der Waals surface area contributed by atoms with E-state index >= 15 is 0 Å². The normalized spacial score (nSPS) is 12.5. The van der Waals surface area contributed by atoms with Gasteiger partial charge in [-0.05, 0) is 32.1 Å². The summed E-state index contributed by atoms with van der Waals surface area (Å²) in [6.45, 7) is 4.96. The van der Waals surface area contributed by atoms with E-state index in [0.29, 0.717) is 19.4 Å². The number of esters is 1. The zero-order valence-corrected chi connectivity index (χ0v) is 53.9. The van der Waals surface area contributed by atoms with Gasteiger partial charge >= 0.3 is 5.97 Å². The van der Waals surface area contributed by atoms with Crippen LogP contribution in [0.2, 0.25) is 0 Å². The molecule has 0 saturated carbocycles. The fraction of sp³-hybridized carbons (Fsp3) is 0.945. The van der Waals surface area contributed by atoms with Crippen molar-refractivity contribution in [3.05, 3.63) is 12.2 Å². The van der Waals surface area contributed by atoms with E-state index in [1.54, 1.807) is 6.08 Å². The molecule has 2 atom stereocenters. The van der Waals surface area contributed by atoms with Crippen LogP contribution < -0.4 is 5.32 Å². The first kappa shape index (κ1) is 77.6. The number of hydrogen-bond donors (Lipinski definition) is 3. The zero-order chi connectivity index (χ0) is 57.1. The molecule has 0 aliphatic heterocycles. The van der Waals surface area contributed by atoms with Gasteiger partial charge in [-0.2, -0.15) is 0 Å². The van der Waals surface area contributed by atoms with Crippen LogP contribution in [-0.2, 0) is 14.3 Å². The average molecular weight is 1110 g/mol. The molecule has 79 heavy (non-hydrogen) atoms. The predicted octanol–water partition coefficient (Wildman–Crippen LogP) is 23.5. The smallest absolute Gasteiger partial charge is 0.305 e. The van der Waals surface area contributed by atoms with Gasteiger partial charge < -0.3 is 20.3 Å². The Bertz CT molecular complexity index is 1190. The standard InChI is InChI=1S/C73H143NO5/c1-3-5-7-9-11-13-15-17-19-21-22-27-30-34-37-41-45-49-53-57-61-65-71(76)70(69-75)74-72(77)66-62-58-54-50-46-42-38-35-31-28-25-23-24-26-29-32-36-40-44-48-52-56-60-64-68-79-73(78)67-63-59-55-51-47-43-39-33-20-18-16-14-12-10-8-6-4-2/h61,65,70-71,75-76H,3-60,62-64,66-69H2,1-2H3,(H,74,77)/b65-61+. The predicted molar refractivity (Wildman–Crippen MR) is 347 cm³/mol. The summed E-state index contributed by atoms with van der Waals surface area (Å²) in [6, 6.07) is -0.627. The van der Waals surface area contributed by atoms with Crippen molar-refractivity contribution < 1.29 is 24.5 Å². The number of ether oxygens (including phenoxy) is 1.